The summed E-state index contributed by atoms with van der Waals surface area (Å²) in [7, 11) is -2.84. The van der Waals surface area contributed by atoms with Crippen LogP contribution in [0.15, 0.2) is 23.6 Å². The van der Waals surface area contributed by atoms with Gasteiger partial charge in [0.2, 0.25) is 0 Å². The normalized spacial score (nSPS) is 24.5. The topological polar surface area (TPSA) is 99.1 Å². The number of nitrogens with zero attached hydrogens (tertiary/aromatic N) is 1. The van der Waals surface area contributed by atoms with Crippen LogP contribution in [0.4, 0.5) is 19.3 Å². The van der Waals surface area contributed by atoms with Crippen molar-refractivity contribution in [3.05, 3.63) is 40.8 Å². The predicted molar refractivity (Wildman–Crippen MR) is 107 cm³/mol. The Morgan fingerprint density at radius 1 is 1.34 bits per heavy atom. The Bertz CT molecular complexity index is 832. The largest absolute Gasteiger partial charge is 0.442 e. The third-order valence-electron chi connectivity index (χ3n) is 4.58. The first-order valence-corrected chi connectivity index (χ1v) is 11.2. The fourth-order valence-electron chi connectivity index (χ4n) is 3.14. The molecule has 3 N–H and O–H groups in total. The van der Waals surface area contributed by atoms with E-state index in [1.165, 1.54) is 11.5 Å². The number of benzene rings is 1. The summed E-state index contributed by atoms with van der Waals surface area (Å²) in [5, 5.41) is 3.57. The third-order valence-corrected chi connectivity index (χ3v) is 6.41. The number of anilines is 1. The molecule has 1 unspecified atom stereocenters. The standard InChI is InChI=1S/C17H18Cl2F2N2O5S/c18-15(19)16(24)22-7-11-8-23(17(25)28-11)10-5-12(20)14(13(21)6-10)9-1-3-29(26,27)4-2-9/h1,3,5-6,9,11,15,26-27H,2,4,7-8H2,(H,22,24)/t9?,11-/m0/s1. The van der Waals surface area contributed by atoms with Crippen LogP contribution in [0.3, 0.4) is 0 Å². The second-order valence-corrected chi connectivity index (χ2v) is 9.84. The molecule has 3 rings (SSSR count). The number of cyclic esters (lactones) is 1. The highest BCUT2D eigenvalue weighted by molar-refractivity contribution is 8.26. The minimum absolute atomic E-state index is 0.0200. The van der Waals surface area contributed by atoms with Gasteiger partial charge in [-0.2, -0.15) is 10.6 Å². The van der Waals surface area contributed by atoms with Crippen LogP contribution < -0.4 is 10.2 Å². The Labute approximate surface area is 176 Å². The molecule has 7 nitrogen and oxygen atoms in total. The molecule has 1 fully saturated rings. The van der Waals surface area contributed by atoms with Gasteiger partial charge >= 0.3 is 6.09 Å². The third kappa shape index (κ3) is 5.13. The zero-order valence-corrected chi connectivity index (χ0v) is 17.2. The molecule has 2 aliphatic heterocycles. The molecule has 1 saturated heterocycles. The number of hydrogen-bond donors (Lipinski definition) is 3. The summed E-state index contributed by atoms with van der Waals surface area (Å²) in [4.78, 5) is 23.2. The van der Waals surface area contributed by atoms with Gasteiger partial charge in [-0.25, -0.2) is 13.6 Å². The van der Waals surface area contributed by atoms with Gasteiger partial charge < -0.3 is 10.1 Å². The van der Waals surface area contributed by atoms with Crippen molar-refractivity contribution in [2.45, 2.75) is 23.3 Å². The fourth-order valence-corrected chi connectivity index (χ4v) is 4.47. The van der Waals surface area contributed by atoms with E-state index >= 15 is 0 Å². The van der Waals surface area contributed by atoms with Gasteiger partial charge in [0.15, 0.2) is 4.84 Å². The maximum absolute atomic E-state index is 14.7. The number of alkyl halides is 2. The summed E-state index contributed by atoms with van der Waals surface area (Å²) in [5.74, 6) is -2.99. The minimum atomic E-state index is -2.84. The van der Waals surface area contributed by atoms with E-state index in [-0.39, 0.29) is 36.5 Å². The molecule has 2 amide bonds. The lowest BCUT2D eigenvalue weighted by Crippen LogP contribution is -2.37. The average molecular weight is 471 g/mol. The summed E-state index contributed by atoms with van der Waals surface area (Å²) in [6, 6.07) is 2.04. The molecular weight excluding hydrogens is 453 g/mol. The lowest BCUT2D eigenvalue weighted by Gasteiger charge is -2.34. The number of halogens is 4. The van der Waals surface area contributed by atoms with Crippen molar-refractivity contribution in [2.24, 2.45) is 0 Å². The van der Waals surface area contributed by atoms with Crippen molar-refractivity contribution >= 4 is 51.5 Å². The van der Waals surface area contributed by atoms with Crippen molar-refractivity contribution < 1.29 is 32.2 Å². The molecule has 12 heteroatoms. The highest BCUT2D eigenvalue weighted by atomic mass is 35.5. The van der Waals surface area contributed by atoms with Gasteiger partial charge in [0, 0.05) is 22.6 Å². The first kappa shape index (κ1) is 22.1. The molecule has 0 radical (unpaired) electrons. The molecule has 1 aromatic carbocycles. The van der Waals surface area contributed by atoms with Crippen LogP contribution in [-0.4, -0.2) is 50.9 Å². The van der Waals surface area contributed by atoms with Crippen molar-refractivity contribution in [1.82, 2.24) is 5.32 Å². The molecule has 2 aliphatic rings. The Morgan fingerprint density at radius 2 is 2.00 bits per heavy atom. The number of allylic oxidation sites excluding steroid dienone is 1. The first-order chi connectivity index (χ1) is 13.6. The first-order valence-electron chi connectivity index (χ1n) is 8.54. The van der Waals surface area contributed by atoms with Gasteiger partial charge in [0.25, 0.3) is 5.91 Å². The molecule has 160 valence electrons. The highest BCUT2D eigenvalue weighted by Gasteiger charge is 2.34. The summed E-state index contributed by atoms with van der Waals surface area (Å²) >= 11 is 10.8. The van der Waals surface area contributed by atoms with Gasteiger partial charge in [-0.3, -0.25) is 18.8 Å². The maximum Gasteiger partial charge on any atom is 0.414 e. The summed E-state index contributed by atoms with van der Waals surface area (Å²) in [5.41, 5.74) is -0.231. The van der Waals surface area contributed by atoms with Gasteiger partial charge in [0.05, 0.1) is 18.8 Å². The maximum atomic E-state index is 14.7. The summed E-state index contributed by atoms with van der Waals surface area (Å²) in [6.07, 6.45) is 0.0114. The number of carbonyl (C=O) groups excluding carboxylic acids is 2. The van der Waals surface area contributed by atoms with E-state index in [2.05, 4.69) is 5.32 Å². The molecular formula is C17H18Cl2F2N2O5S. The van der Waals surface area contributed by atoms with Gasteiger partial charge in [-0.1, -0.05) is 29.3 Å². The van der Waals surface area contributed by atoms with Crippen LogP contribution in [0.25, 0.3) is 0 Å². The second-order valence-electron chi connectivity index (χ2n) is 6.63. The molecule has 1 aromatic rings. The van der Waals surface area contributed by atoms with Crippen molar-refractivity contribution in [3.8, 4) is 0 Å². The van der Waals surface area contributed by atoms with Crippen LogP contribution >= 0.6 is 33.8 Å². The van der Waals surface area contributed by atoms with Crippen LogP contribution in [0.5, 0.6) is 0 Å². The van der Waals surface area contributed by atoms with Crippen molar-refractivity contribution in [1.29, 1.82) is 0 Å². The SMILES string of the molecule is O=C(NC[C@H]1CN(c2cc(F)c(C3C=CS(O)(O)CC3)c(F)c2)C(=O)O1)C(Cl)Cl. The number of amides is 2. The van der Waals surface area contributed by atoms with E-state index in [4.69, 9.17) is 27.9 Å². The average Bonchev–Trinajstić information content (AvgIpc) is 3.01. The summed E-state index contributed by atoms with van der Waals surface area (Å²) < 4.78 is 53.6. The summed E-state index contributed by atoms with van der Waals surface area (Å²) in [6.45, 7) is -0.0872. The smallest absolute Gasteiger partial charge is 0.414 e. The molecule has 29 heavy (non-hydrogen) atoms. The van der Waals surface area contributed by atoms with Crippen molar-refractivity contribution in [3.63, 3.8) is 0 Å². The van der Waals surface area contributed by atoms with E-state index < -0.39 is 51.1 Å². The molecule has 2 heterocycles. The van der Waals surface area contributed by atoms with E-state index in [9.17, 15) is 27.5 Å². The zero-order valence-electron chi connectivity index (χ0n) is 14.9. The quantitative estimate of drug-likeness (QED) is 0.565. The van der Waals surface area contributed by atoms with Gasteiger partial charge in [-0.15, -0.1) is 0 Å². The van der Waals surface area contributed by atoms with E-state index in [1.807, 2.05) is 0 Å². The number of hydrogen-bond acceptors (Lipinski definition) is 5. The van der Waals surface area contributed by atoms with Gasteiger partial charge in [0.1, 0.15) is 17.7 Å². The van der Waals surface area contributed by atoms with E-state index in [1.54, 1.807) is 0 Å². The van der Waals surface area contributed by atoms with Crippen LogP contribution in [0, 0.1) is 11.6 Å². The number of rotatable bonds is 5. The van der Waals surface area contributed by atoms with E-state index in [0.29, 0.717) is 0 Å². The lowest BCUT2D eigenvalue weighted by atomic mass is 9.95. The van der Waals surface area contributed by atoms with Crippen LogP contribution in [0.1, 0.15) is 17.9 Å². The van der Waals surface area contributed by atoms with Crippen molar-refractivity contribution in [2.75, 3.05) is 23.7 Å². The molecule has 0 aromatic heterocycles. The Morgan fingerprint density at radius 3 is 2.55 bits per heavy atom. The zero-order chi connectivity index (χ0) is 21.3. The molecule has 0 aliphatic carbocycles. The molecule has 0 saturated carbocycles. The predicted octanol–water partition coefficient (Wildman–Crippen LogP) is 3.96. The van der Waals surface area contributed by atoms with Crippen LogP contribution in [-0.2, 0) is 9.53 Å². The Balaban J connectivity index is 1.73. The van der Waals surface area contributed by atoms with Gasteiger partial charge in [-0.05, 0) is 18.6 Å². The van der Waals surface area contributed by atoms with E-state index in [0.717, 1.165) is 17.0 Å². The Kier molecular flexibility index (Phi) is 6.59. The lowest BCUT2D eigenvalue weighted by molar-refractivity contribution is -0.119. The minimum Gasteiger partial charge on any atom is -0.442 e. The van der Waals surface area contributed by atoms with Crippen LogP contribution in [0.2, 0.25) is 0 Å². The molecule has 2 atom stereocenters. The fraction of sp³-hybridized carbons (Fsp3) is 0.412. The number of nitrogens with one attached hydrogen (secondary N) is 1. The molecule has 0 spiro atoms. The monoisotopic (exact) mass is 470 g/mol. The molecule has 0 bridgehead atoms. The number of carbonyl (C=O) groups is 2. The number of ether oxygens (including phenoxy) is 1. The highest BCUT2D eigenvalue weighted by Crippen LogP contribution is 2.48. The second kappa shape index (κ2) is 8.65. The Hall–Kier alpha value is -1.59.